The summed E-state index contributed by atoms with van der Waals surface area (Å²) in [4.78, 5) is 0. The second-order valence-corrected chi connectivity index (χ2v) is 6.46. The topological polar surface area (TPSA) is 26.0 Å². The normalized spacial score (nSPS) is 31.5. The van der Waals surface area contributed by atoms with Crippen LogP contribution in [0.25, 0.3) is 0 Å². The fourth-order valence-electron chi connectivity index (χ4n) is 2.74. The molecule has 2 N–H and O–H groups in total. The van der Waals surface area contributed by atoms with Gasteiger partial charge in [-0.1, -0.05) is 40.5 Å². The van der Waals surface area contributed by atoms with Gasteiger partial charge < -0.3 is 5.73 Å². The largest absolute Gasteiger partial charge is 0.327 e. The van der Waals surface area contributed by atoms with Crippen molar-refractivity contribution in [3.05, 3.63) is 0 Å². The zero-order chi connectivity index (χ0) is 10.8. The van der Waals surface area contributed by atoms with Crippen LogP contribution < -0.4 is 5.73 Å². The van der Waals surface area contributed by atoms with E-state index in [0.29, 0.717) is 11.5 Å². The Morgan fingerprint density at radius 2 is 1.93 bits per heavy atom. The summed E-state index contributed by atoms with van der Waals surface area (Å²) < 4.78 is 0. The number of nitrogens with two attached hydrogens (primary N) is 1. The van der Waals surface area contributed by atoms with Gasteiger partial charge in [0.1, 0.15) is 0 Å². The second kappa shape index (κ2) is 4.65. The molecule has 0 radical (unpaired) electrons. The lowest BCUT2D eigenvalue weighted by Crippen LogP contribution is -2.36. The molecule has 1 aliphatic carbocycles. The van der Waals surface area contributed by atoms with E-state index >= 15 is 0 Å². The Morgan fingerprint density at radius 1 is 1.29 bits per heavy atom. The maximum absolute atomic E-state index is 6.30. The molecule has 84 valence electrons. The fourth-order valence-corrected chi connectivity index (χ4v) is 2.74. The third-order valence-corrected chi connectivity index (χ3v) is 3.43. The van der Waals surface area contributed by atoms with Gasteiger partial charge in [-0.05, 0) is 36.5 Å². The molecule has 0 aromatic heterocycles. The van der Waals surface area contributed by atoms with Gasteiger partial charge in [0.05, 0.1) is 0 Å². The van der Waals surface area contributed by atoms with Crippen molar-refractivity contribution >= 4 is 0 Å². The van der Waals surface area contributed by atoms with Gasteiger partial charge in [0, 0.05) is 6.04 Å². The Kier molecular flexibility index (Phi) is 4.00. The smallest absolute Gasteiger partial charge is 0.00722 e. The van der Waals surface area contributed by atoms with Gasteiger partial charge in [0.2, 0.25) is 0 Å². The van der Waals surface area contributed by atoms with Crippen LogP contribution in [0.3, 0.4) is 0 Å². The Balaban J connectivity index is 2.39. The lowest BCUT2D eigenvalue weighted by atomic mass is 9.74. The summed E-state index contributed by atoms with van der Waals surface area (Å²) in [5.74, 6) is 1.69. The van der Waals surface area contributed by atoms with Crippen LogP contribution in [0, 0.1) is 17.3 Å². The van der Waals surface area contributed by atoms with Crippen LogP contribution in [0.2, 0.25) is 0 Å². The van der Waals surface area contributed by atoms with Crippen LogP contribution in [0.5, 0.6) is 0 Å². The van der Waals surface area contributed by atoms with Gasteiger partial charge in [-0.3, -0.25) is 0 Å². The second-order valence-electron chi connectivity index (χ2n) is 6.46. The monoisotopic (exact) mass is 197 g/mol. The van der Waals surface area contributed by atoms with Crippen molar-refractivity contribution < 1.29 is 0 Å². The molecule has 0 aromatic rings. The van der Waals surface area contributed by atoms with Crippen molar-refractivity contribution in [3.8, 4) is 0 Å². The van der Waals surface area contributed by atoms with E-state index in [1.807, 2.05) is 0 Å². The van der Waals surface area contributed by atoms with Crippen LogP contribution >= 0.6 is 0 Å². The Morgan fingerprint density at radius 3 is 2.43 bits per heavy atom. The molecule has 0 heterocycles. The van der Waals surface area contributed by atoms with Gasteiger partial charge in [0.25, 0.3) is 0 Å². The Labute approximate surface area is 89.5 Å². The quantitative estimate of drug-likeness (QED) is 0.719. The van der Waals surface area contributed by atoms with E-state index in [4.69, 9.17) is 5.73 Å². The molecule has 1 fully saturated rings. The third kappa shape index (κ3) is 4.00. The standard InChI is InChI=1S/C13H27N/c1-10-6-5-7-11(8-10)12(14)9-13(2,3)4/h10-12H,5-9,14H2,1-4H3. The van der Waals surface area contributed by atoms with Crippen molar-refractivity contribution in [2.24, 2.45) is 23.0 Å². The molecule has 0 spiro atoms. The summed E-state index contributed by atoms with van der Waals surface area (Å²) in [5.41, 5.74) is 6.69. The van der Waals surface area contributed by atoms with Gasteiger partial charge >= 0.3 is 0 Å². The van der Waals surface area contributed by atoms with Crippen molar-refractivity contribution in [1.82, 2.24) is 0 Å². The molecule has 1 saturated carbocycles. The molecule has 1 rings (SSSR count). The van der Waals surface area contributed by atoms with Crippen LogP contribution in [-0.2, 0) is 0 Å². The van der Waals surface area contributed by atoms with Crippen LogP contribution in [0.4, 0.5) is 0 Å². The average Bonchev–Trinajstić information content (AvgIpc) is 2.01. The molecule has 0 amide bonds. The highest BCUT2D eigenvalue weighted by molar-refractivity contribution is 4.82. The first-order chi connectivity index (χ1) is 6.38. The highest BCUT2D eigenvalue weighted by atomic mass is 14.7. The summed E-state index contributed by atoms with van der Waals surface area (Å²) in [6.45, 7) is 9.24. The van der Waals surface area contributed by atoms with E-state index < -0.39 is 0 Å². The van der Waals surface area contributed by atoms with Crippen LogP contribution in [0.15, 0.2) is 0 Å². The average molecular weight is 197 g/mol. The minimum atomic E-state index is 0.389. The van der Waals surface area contributed by atoms with E-state index in [1.54, 1.807) is 0 Å². The summed E-state index contributed by atoms with van der Waals surface area (Å²) in [5, 5.41) is 0. The maximum Gasteiger partial charge on any atom is 0.00722 e. The highest BCUT2D eigenvalue weighted by Crippen LogP contribution is 2.33. The predicted molar refractivity (Wildman–Crippen MR) is 63.2 cm³/mol. The maximum atomic E-state index is 6.30. The minimum Gasteiger partial charge on any atom is -0.327 e. The first-order valence-electron chi connectivity index (χ1n) is 6.14. The van der Waals surface area contributed by atoms with Gasteiger partial charge in [-0.15, -0.1) is 0 Å². The highest BCUT2D eigenvalue weighted by Gasteiger charge is 2.27. The Hall–Kier alpha value is -0.0400. The first-order valence-corrected chi connectivity index (χ1v) is 6.14. The Bertz CT molecular complexity index is 169. The fraction of sp³-hybridized carbons (Fsp3) is 1.00. The van der Waals surface area contributed by atoms with Crippen LogP contribution in [0.1, 0.15) is 59.8 Å². The molecule has 14 heavy (non-hydrogen) atoms. The minimum absolute atomic E-state index is 0.389. The molecule has 3 atom stereocenters. The summed E-state index contributed by atoms with van der Waals surface area (Å²) >= 11 is 0. The molecule has 1 heteroatoms. The summed E-state index contributed by atoms with van der Waals surface area (Å²) in [6, 6.07) is 0.428. The van der Waals surface area contributed by atoms with Gasteiger partial charge in [-0.25, -0.2) is 0 Å². The zero-order valence-corrected chi connectivity index (χ0v) is 10.3. The number of rotatable bonds is 2. The van der Waals surface area contributed by atoms with Gasteiger partial charge in [0.15, 0.2) is 0 Å². The van der Waals surface area contributed by atoms with Crippen LogP contribution in [-0.4, -0.2) is 6.04 Å². The van der Waals surface area contributed by atoms with E-state index in [1.165, 1.54) is 32.1 Å². The van der Waals surface area contributed by atoms with Crippen molar-refractivity contribution in [2.75, 3.05) is 0 Å². The van der Waals surface area contributed by atoms with Crippen molar-refractivity contribution in [2.45, 2.75) is 65.8 Å². The van der Waals surface area contributed by atoms with Crippen molar-refractivity contribution in [1.29, 1.82) is 0 Å². The molecular weight excluding hydrogens is 170 g/mol. The SMILES string of the molecule is CC1CCCC(C(N)CC(C)(C)C)C1. The zero-order valence-electron chi connectivity index (χ0n) is 10.3. The molecule has 0 bridgehead atoms. The summed E-state index contributed by atoms with van der Waals surface area (Å²) in [6.07, 6.45) is 6.70. The lowest BCUT2D eigenvalue weighted by molar-refractivity contribution is 0.205. The van der Waals surface area contributed by atoms with E-state index in [0.717, 1.165) is 11.8 Å². The lowest BCUT2D eigenvalue weighted by Gasteiger charge is -2.34. The number of hydrogen-bond donors (Lipinski definition) is 1. The molecular formula is C13H27N. The molecule has 0 aromatic carbocycles. The molecule has 0 saturated heterocycles. The number of hydrogen-bond acceptors (Lipinski definition) is 1. The van der Waals surface area contributed by atoms with E-state index in [-0.39, 0.29) is 0 Å². The molecule has 3 unspecified atom stereocenters. The van der Waals surface area contributed by atoms with Gasteiger partial charge in [-0.2, -0.15) is 0 Å². The van der Waals surface area contributed by atoms with E-state index in [9.17, 15) is 0 Å². The first kappa shape index (κ1) is 12.0. The van der Waals surface area contributed by atoms with Crippen molar-refractivity contribution in [3.63, 3.8) is 0 Å². The van der Waals surface area contributed by atoms with E-state index in [2.05, 4.69) is 27.7 Å². The summed E-state index contributed by atoms with van der Waals surface area (Å²) in [7, 11) is 0. The third-order valence-electron chi connectivity index (χ3n) is 3.43. The molecule has 0 aliphatic heterocycles. The molecule has 1 nitrogen and oxygen atoms in total. The molecule has 1 aliphatic rings. The predicted octanol–water partition coefficient (Wildman–Crippen LogP) is 3.58.